The summed E-state index contributed by atoms with van der Waals surface area (Å²) in [7, 11) is 0. The van der Waals surface area contributed by atoms with Gasteiger partial charge >= 0.3 is 0 Å². The van der Waals surface area contributed by atoms with Gasteiger partial charge in [-0.15, -0.1) is 0 Å². The minimum absolute atomic E-state index is 0.716. The molecule has 4 rings (SSSR count). The fourth-order valence-electron chi connectivity index (χ4n) is 6.78. The number of ether oxygens (including phenoxy) is 1. The van der Waals surface area contributed by atoms with Crippen LogP contribution in [-0.2, 0) is 6.42 Å². The summed E-state index contributed by atoms with van der Waals surface area (Å²) in [6, 6.07) is 8.38. The molecule has 0 spiro atoms. The lowest BCUT2D eigenvalue weighted by atomic mass is 9.78. The van der Waals surface area contributed by atoms with E-state index in [-0.39, 0.29) is 0 Å². The highest BCUT2D eigenvalue weighted by Gasteiger charge is 2.22. The van der Waals surface area contributed by atoms with Crippen LogP contribution in [0.5, 0.6) is 5.75 Å². The third-order valence-corrected chi connectivity index (χ3v) is 9.51. The quantitative estimate of drug-likeness (QED) is 0.220. The van der Waals surface area contributed by atoms with Crippen molar-refractivity contribution in [1.82, 2.24) is 9.97 Å². The van der Waals surface area contributed by atoms with Gasteiger partial charge in [0.2, 0.25) is 0 Å². The predicted octanol–water partition coefficient (Wildman–Crippen LogP) is 10.2. The van der Waals surface area contributed by atoms with Gasteiger partial charge in [0.05, 0.1) is 6.61 Å². The van der Waals surface area contributed by atoms with Crippen LogP contribution < -0.4 is 4.74 Å². The van der Waals surface area contributed by atoms with Gasteiger partial charge in [0.15, 0.2) is 5.82 Å². The Bertz CT molecular complexity index is 802. The first-order valence-electron chi connectivity index (χ1n) is 16.3. The normalized spacial score (nSPS) is 23.8. The average Bonchev–Trinajstić information content (AvgIpc) is 2.97. The standard InChI is InChI=1S/C35H54N2O/c1-3-5-7-9-28-11-13-30(14-12-28)17-20-32-25-36-35(37-26-32)33-21-23-34(24-22-33)38-27-31-18-15-29(16-19-31)10-8-6-4-2/h21-26,28-31H,3-20,27H2,1-2H3/t28-,29?,30-,31?. The van der Waals surface area contributed by atoms with Crippen molar-refractivity contribution in [3.05, 3.63) is 42.2 Å². The van der Waals surface area contributed by atoms with Crippen LogP contribution in [0.1, 0.15) is 129 Å². The molecular formula is C35H54N2O. The first kappa shape index (κ1) is 29.1. The molecule has 2 aliphatic rings. The van der Waals surface area contributed by atoms with Crippen LogP contribution in [0.25, 0.3) is 11.4 Å². The van der Waals surface area contributed by atoms with E-state index in [2.05, 4.69) is 38.1 Å². The summed E-state index contributed by atoms with van der Waals surface area (Å²) in [5.41, 5.74) is 2.34. The fourth-order valence-corrected chi connectivity index (χ4v) is 6.78. The third-order valence-electron chi connectivity index (χ3n) is 9.51. The monoisotopic (exact) mass is 518 g/mol. The van der Waals surface area contributed by atoms with Crippen molar-refractivity contribution >= 4 is 0 Å². The Kier molecular flexibility index (Phi) is 12.4. The molecule has 0 aliphatic heterocycles. The number of aryl methyl sites for hydroxylation is 1. The highest BCUT2D eigenvalue weighted by Crippen LogP contribution is 2.35. The zero-order valence-electron chi connectivity index (χ0n) is 24.5. The minimum Gasteiger partial charge on any atom is -0.493 e. The first-order chi connectivity index (χ1) is 18.7. The molecule has 1 heterocycles. The van der Waals surface area contributed by atoms with E-state index in [1.165, 1.54) is 115 Å². The summed E-state index contributed by atoms with van der Waals surface area (Å²) in [4.78, 5) is 9.39. The molecular weight excluding hydrogens is 464 g/mol. The highest BCUT2D eigenvalue weighted by atomic mass is 16.5. The van der Waals surface area contributed by atoms with Crippen molar-refractivity contribution in [1.29, 1.82) is 0 Å². The molecule has 210 valence electrons. The van der Waals surface area contributed by atoms with Gasteiger partial charge in [0.1, 0.15) is 5.75 Å². The Morgan fingerprint density at radius 2 is 1.13 bits per heavy atom. The molecule has 2 saturated carbocycles. The average molecular weight is 519 g/mol. The van der Waals surface area contributed by atoms with Crippen molar-refractivity contribution in [2.75, 3.05) is 6.61 Å². The zero-order valence-corrected chi connectivity index (χ0v) is 24.5. The van der Waals surface area contributed by atoms with Crippen LogP contribution in [-0.4, -0.2) is 16.6 Å². The maximum atomic E-state index is 6.17. The van der Waals surface area contributed by atoms with Gasteiger partial charge in [-0.3, -0.25) is 0 Å². The molecule has 0 saturated heterocycles. The number of hydrogen-bond acceptors (Lipinski definition) is 3. The van der Waals surface area contributed by atoms with E-state index in [1.54, 1.807) is 0 Å². The number of rotatable bonds is 15. The number of aromatic nitrogens is 2. The molecule has 3 heteroatoms. The Labute approximate surface area is 233 Å². The third kappa shape index (κ3) is 9.69. The van der Waals surface area contributed by atoms with Gasteiger partial charge in [-0.2, -0.15) is 0 Å². The molecule has 0 amide bonds. The van der Waals surface area contributed by atoms with E-state index in [0.29, 0.717) is 5.92 Å². The predicted molar refractivity (Wildman–Crippen MR) is 160 cm³/mol. The van der Waals surface area contributed by atoms with Crippen LogP contribution in [0.2, 0.25) is 0 Å². The van der Waals surface area contributed by atoms with Gasteiger partial charge in [-0.1, -0.05) is 104 Å². The van der Waals surface area contributed by atoms with Crippen molar-refractivity contribution in [3.63, 3.8) is 0 Å². The highest BCUT2D eigenvalue weighted by molar-refractivity contribution is 5.55. The van der Waals surface area contributed by atoms with Crippen LogP contribution >= 0.6 is 0 Å². The molecule has 2 aromatic rings. The Balaban J connectivity index is 1.14. The summed E-state index contributed by atoms with van der Waals surface area (Å²) in [6.45, 7) is 5.46. The van der Waals surface area contributed by atoms with E-state index < -0.39 is 0 Å². The Morgan fingerprint density at radius 1 is 0.632 bits per heavy atom. The first-order valence-corrected chi connectivity index (χ1v) is 16.3. The largest absolute Gasteiger partial charge is 0.493 e. The number of unbranched alkanes of at least 4 members (excludes halogenated alkanes) is 4. The van der Waals surface area contributed by atoms with Crippen molar-refractivity contribution < 1.29 is 4.74 Å². The topological polar surface area (TPSA) is 35.0 Å². The number of benzene rings is 1. The molecule has 0 unspecified atom stereocenters. The number of hydrogen-bond donors (Lipinski definition) is 0. The Hall–Kier alpha value is -1.90. The summed E-state index contributed by atoms with van der Waals surface area (Å²) < 4.78 is 6.17. The molecule has 1 aromatic heterocycles. The molecule has 1 aromatic carbocycles. The molecule has 3 nitrogen and oxygen atoms in total. The van der Waals surface area contributed by atoms with Crippen LogP contribution in [0.4, 0.5) is 0 Å². The lowest BCUT2D eigenvalue weighted by molar-refractivity contribution is 0.177. The van der Waals surface area contributed by atoms with Crippen molar-refractivity contribution in [2.24, 2.45) is 23.7 Å². The van der Waals surface area contributed by atoms with Gasteiger partial charge in [-0.05, 0) is 79.2 Å². The van der Waals surface area contributed by atoms with Gasteiger partial charge in [0, 0.05) is 18.0 Å². The SMILES string of the molecule is CCCCCC1CCC(COc2ccc(-c3ncc(CC[C@H]4CC[C@H](CCCCC)CC4)cn3)cc2)CC1. The molecule has 0 bridgehead atoms. The van der Waals surface area contributed by atoms with E-state index in [1.807, 2.05) is 12.4 Å². The minimum atomic E-state index is 0.716. The molecule has 0 N–H and O–H groups in total. The second-order valence-corrected chi connectivity index (χ2v) is 12.6. The molecule has 2 aliphatic carbocycles. The van der Waals surface area contributed by atoms with E-state index in [9.17, 15) is 0 Å². The lowest BCUT2D eigenvalue weighted by Gasteiger charge is -2.28. The lowest BCUT2D eigenvalue weighted by Crippen LogP contribution is -2.20. The fraction of sp³-hybridized carbons (Fsp3) is 0.714. The summed E-state index contributed by atoms with van der Waals surface area (Å²) in [5.74, 6) is 5.35. The van der Waals surface area contributed by atoms with Crippen molar-refractivity contribution in [2.45, 2.75) is 129 Å². The van der Waals surface area contributed by atoms with Gasteiger partial charge < -0.3 is 4.74 Å². The summed E-state index contributed by atoms with van der Waals surface area (Å²) in [5, 5.41) is 0. The molecule has 2 fully saturated rings. The van der Waals surface area contributed by atoms with Gasteiger partial charge in [0.25, 0.3) is 0 Å². The maximum absolute atomic E-state index is 6.17. The smallest absolute Gasteiger partial charge is 0.159 e. The Morgan fingerprint density at radius 3 is 1.66 bits per heavy atom. The van der Waals surface area contributed by atoms with Crippen LogP contribution in [0.3, 0.4) is 0 Å². The zero-order chi connectivity index (χ0) is 26.4. The second kappa shape index (κ2) is 16.3. The summed E-state index contributed by atoms with van der Waals surface area (Å²) >= 11 is 0. The van der Waals surface area contributed by atoms with E-state index >= 15 is 0 Å². The maximum Gasteiger partial charge on any atom is 0.159 e. The summed E-state index contributed by atoms with van der Waals surface area (Å²) in [6.07, 6.45) is 28.9. The number of nitrogens with zero attached hydrogens (tertiary/aromatic N) is 2. The van der Waals surface area contributed by atoms with E-state index in [0.717, 1.165) is 47.9 Å². The van der Waals surface area contributed by atoms with Gasteiger partial charge in [-0.25, -0.2) is 9.97 Å². The van der Waals surface area contributed by atoms with Crippen molar-refractivity contribution in [3.8, 4) is 17.1 Å². The molecule has 0 atom stereocenters. The molecule has 38 heavy (non-hydrogen) atoms. The van der Waals surface area contributed by atoms with Crippen LogP contribution in [0.15, 0.2) is 36.7 Å². The van der Waals surface area contributed by atoms with Crippen LogP contribution in [0, 0.1) is 23.7 Å². The molecule has 0 radical (unpaired) electrons. The second-order valence-electron chi connectivity index (χ2n) is 12.6. The van der Waals surface area contributed by atoms with E-state index in [4.69, 9.17) is 14.7 Å².